The van der Waals surface area contributed by atoms with Gasteiger partial charge < -0.3 is 0 Å². The van der Waals surface area contributed by atoms with Gasteiger partial charge in [-0.15, -0.1) is 6.42 Å². The first-order chi connectivity index (χ1) is 2.50. The summed E-state index contributed by atoms with van der Waals surface area (Å²) in [7, 11) is 0. The van der Waals surface area contributed by atoms with Crippen molar-refractivity contribution in [2.75, 3.05) is 0 Å². The fraction of sp³-hybridized carbons (Fsp3) is 0.200. The second-order valence-electron chi connectivity index (χ2n) is 1.00. The summed E-state index contributed by atoms with van der Waals surface area (Å²) in [6, 6.07) is 0. The first-order valence-electron chi connectivity index (χ1n) is 1.72. The maximum Gasteiger partial charge on any atom is 0 e. The van der Waals surface area contributed by atoms with Gasteiger partial charge in [-0.3, -0.25) is 6.08 Å². The van der Waals surface area contributed by atoms with Gasteiger partial charge in [-0.2, -0.15) is 6.08 Å². The molecule has 1 radical (unpaired) electrons. The van der Waals surface area contributed by atoms with Crippen LogP contribution < -0.4 is 0 Å². The zero-order chi connectivity index (χ0) is 3.54. The van der Waals surface area contributed by atoms with Crippen LogP contribution in [-0.2, 0) is 20.1 Å². The Labute approximate surface area is 51.3 Å². The molecule has 0 fully saturated rings. The Morgan fingerprint density at radius 3 is 2.50 bits per heavy atom. The molecule has 0 aromatic rings. The van der Waals surface area contributed by atoms with Gasteiger partial charge in [-0.25, -0.2) is 12.2 Å². The molecule has 1 rings (SSSR count). The van der Waals surface area contributed by atoms with Gasteiger partial charge in [0.05, 0.1) is 0 Å². The molecule has 0 aliphatic heterocycles. The van der Waals surface area contributed by atoms with Crippen molar-refractivity contribution in [1.29, 1.82) is 0 Å². The van der Waals surface area contributed by atoms with Crippen LogP contribution >= 0.6 is 0 Å². The summed E-state index contributed by atoms with van der Waals surface area (Å²) in [5.74, 6) is 0. The van der Waals surface area contributed by atoms with E-state index in [2.05, 4.69) is 12.2 Å². The molecule has 0 N–H and O–H groups in total. The van der Waals surface area contributed by atoms with E-state index >= 15 is 0 Å². The van der Waals surface area contributed by atoms with Crippen molar-refractivity contribution in [2.24, 2.45) is 0 Å². The molecular formula is C5H5Ir-. The molecule has 0 atom stereocenters. The van der Waals surface area contributed by atoms with Crippen molar-refractivity contribution in [3.05, 3.63) is 24.3 Å². The van der Waals surface area contributed by atoms with E-state index in [0.717, 1.165) is 6.42 Å². The molecule has 6 heavy (non-hydrogen) atoms. The van der Waals surface area contributed by atoms with E-state index in [4.69, 9.17) is 0 Å². The van der Waals surface area contributed by atoms with Gasteiger partial charge in [0, 0.05) is 20.1 Å². The fourth-order valence-corrected chi connectivity index (χ4v) is 0.340. The van der Waals surface area contributed by atoms with E-state index in [1.165, 1.54) is 0 Å². The van der Waals surface area contributed by atoms with E-state index in [1.54, 1.807) is 0 Å². The van der Waals surface area contributed by atoms with E-state index < -0.39 is 0 Å². The standard InChI is InChI=1S/C5H5.Ir/c1-2-4-5-3-1;/h1-3H,4H2;/q-1;. The summed E-state index contributed by atoms with van der Waals surface area (Å²) in [5, 5.41) is 0. The maximum absolute atomic E-state index is 2.99. The summed E-state index contributed by atoms with van der Waals surface area (Å²) in [6.45, 7) is 0. The SMILES string of the molecule is [C-]1=CC=CC1.[Ir]. The molecule has 1 heteroatoms. The number of hydrogen-bond acceptors (Lipinski definition) is 0. The van der Waals surface area contributed by atoms with Gasteiger partial charge in [-0.1, -0.05) is 0 Å². The molecule has 0 unspecified atom stereocenters. The summed E-state index contributed by atoms with van der Waals surface area (Å²) in [6.07, 6.45) is 10.0. The molecule has 1 aliphatic rings. The molecule has 0 aromatic carbocycles. The summed E-state index contributed by atoms with van der Waals surface area (Å²) in [5.41, 5.74) is 0. The minimum absolute atomic E-state index is 0. The molecule has 0 spiro atoms. The van der Waals surface area contributed by atoms with Crippen molar-refractivity contribution in [3.8, 4) is 0 Å². The van der Waals surface area contributed by atoms with Crippen LogP contribution in [0.3, 0.4) is 0 Å². The van der Waals surface area contributed by atoms with Gasteiger partial charge in [0.15, 0.2) is 0 Å². The zero-order valence-electron chi connectivity index (χ0n) is 3.27. The molecule has 0 heterocycles. The fourth-order valence-electron chi connectivity index (χ4n) is 0.340. The first kappa shape index (κ1) is 6.13. The second-order valence-corrected chi connectivity index (χ2v) is 1.00. The number of allylic oxidation sites excluding steroid dienone is 4. The average molecular weight is 257 g/mol. The smallest absolute Gasteiger partial charge is 0 e. The Bertz CT molecular complexity index is 62.0. The van der Waals surface area contributed by atoms with Crippen molar-refractivity contribution in [3.63, 3.8) is 0 Å². The summed E-state index contributed by atoms with van der Waals surface area (Å²) in [4.78, 5) is 0. The Kier molecular flexibility index (Phi) is 3.40. The van der Waals surface area contributed by atoms with Crippen LogP contribution in [0.4, 0.5) is 0 Å². The molecule has 0 bridgehead atoms. The van der Waals surface area contributed by atoms with Crippen molar-refractivity contribution in [1.82, 2.24) is 0 Å². The minimum Gasteiger partial charge on any atom is -0.273 e. The largest absolute Gasteiger partial charge is 0.273 e. The number of rotatable bonds is 0. The van der Waals surface area contributed by atoms with Crippen molar-refractivity contribution < 1.29 is 20.1 Å². The molecule has 0 nitrogen and oxygen atoms in total. The van der Waals surface area contributed by atoms with Crippen LogP contribution in [0.5, 0.6) is 0 Å². The van der Waals surface area contributed by atoms with E-state index in [-0.39, 0.29) is 20.1 Å². The van der Waals surface area contributed by atoms with E-state index in [0.29, 0.717) is 0 Å². The Morgan fingerprint density at radius 1 is 1.50 bits per heavy atom. The summed E-state index contributed by atoms with van der Waals surface area (Å²) < 4.78 is 0. The Hall–Kier alpha value is 0.129. The molecule has 0 aromatic heterocycles. The Balaban J connectivity index is 0.000000250. The van der Waals surface area contributed by atoms with Crippen LogP contribution in [0.2, 0.25) is 0 Å². The van der Waals surface area contributed by atoms with Crippen molar-refractivity contribution in [2.45, 2.75) is 6.42 Å². The Morgan fingerprint density at radius 2 is 2.33 bits per heavy atom. The molecule has 35 valence electrons. The van der Waals surface area contributed by atoms with Gasteiger partial charge >= 0.3 is 0 Å². The normalized spacial score (nSPS) is 14.7. The zero-order valence-corrected chi connectivity index (χ0v) is 5.67. The third-order valence-electron chi connectivity index (χ3n) is 0.586. The van der Waals surface area contributed by atoms with Gasteiger partial charge in [0.25, 0.3) is 0 Å². The van der Waals surface area contributed by atoms with Crippen LogP contribution in [0.25, 0.3) is 0 Å². The van der Waals surface area contributed by atoms with Gasteiger partial charge in [0.1, 0.15) is 0 Å². The maximum atomic E-state index is 2.99. The molecule has 0 saturated heterocycles. The van der Waals surface area contributed by atoms with Gasteiger partial charge in [-0.05, 0) is 0 Å². The second kappa shape index (κ2) is 3.32. The minimum atomic E-state index is 0. The third kappa shape index (κ3) is 1.54. The topological polar surface area (TPSA) is 0 Å². The third-order valence-corrected chi connectivity index (χ3v) is 0.586. The van der Waals surface area contributed by atoms with Crippen LogP contribution in [-0.4, -0.2) is 0 Å². The number of hydrogen-bond donors (Lipinski definition) is 0. The molecule has 1 aliphatic carbocycles. The summed E-state index contributed by atoms with van der Waals surface area (Å²) >= 11 is 0. The average Bonchev–Trinajstić information content (AvgIpc) is 1.76. The molecule has 0 amide bonds. The van der Waals surface area contributed by atoms with Crippen LogP contribution in [0.1, 0.15) is 6.42 Å². The predicted octanol–water partition coefficient (Wildman–Crippen LogP) is 1.30. The predicted molar refractivity (Wildman–Crippen MR) is 21.6 cm³/mol. The van der Waals surface area contributed by atoms with Crippen molar-refractivity contribution >= 4 is 0 Å². The van der Waals surface area contributed by atoms with Crippen LogP contribution in [0.15, 0.2) is 18.2 Å². The monoisotopic (exact) mass is 258 g/mol. The first-order valence-corrected chi connectivity index (χ1v) is 1.72. The molecular weight excluding hydrogens is 252 g/mol. The van der Waals surface area contributed by atoms with Crippen LogP contribution in [0, 0.1) is 6.08 Å². The molecule has 0 saturated carbocycles. The van der Waals surface area contributed by atoms with E-state index in [9.17, 15) is 0 Å². The quantitative estimate of drug-likeness (QED) is 0.574. The van der Waals surface area contributed by atoms with Gasteiger partial charge in [0.2, 0.25) is 0 Å². The van der Waals surface area contributed by atoms with E-state index in [1.807, 2.05) is 12.2 Å².